The maximum Gasteiger partial charge on any atom is 0.438 e. The molecule has 0 atom stereocenters. The van der Waals surface area contributed by atoms with Gasteiger partial charge in [-0.15, -0.1) is 0 Å². The molecule has 0 aromatic carbocycles. The number of hydrogen-bond donors (Lipinski definition) is 2. The quantitative estimate of drug-likeness (QED) is 0.137. The van der Waals surface area contributed by atoms with Gasteiger partial charge in [-0.3, -0.25) is 4.89 Å². The zero-order valence-corrected chi connectivity index (χ0v) is 9.91. The van der Waals surface area contributed by atoms with Crippen LogP contribution in [0.15, 0.2) is 5.11 Å². The van der Waals surface area contributed by atoms with Crippen LogP contribution in [0.2, 0.25) is 0 Å². The van der Waals surface area contributed by atoms with Crippen molar-refractivity contribution >= 4 is 6.09 Å². The lowest BCUT2D eigenvalue weighted by molar-refractivity contribution is -0.320. The number of azide groups is 1. The van der Waals surface area contributed by atoms with Crippen LogP contribution in [0, 0.1) is 0 Å². The molecule has 0 saturated heterocycles. The van der Waals surface area contributed by atoms with E-state index in [9.17, 15) is 4.79 Å². The second-order valence-corrected chi connectivity index (χ2v) is 2.86. The smallest absolute Gasteiger partial charge is 0.330 e. The highest BCUT2D eigenvalue weighted by Gasteiger charge is 2.01. The Kier molecular flexibility index (Phi) is 12.3. The van der Waals surface area contributed by atoms with Crippen molar-refractivity contribution in [2.24, 2.45) is 10.8 Å². The van der Waals surface area contributed by atoms with Gasteiger partial charge in [-0.1, -0.05) is 5.11 Å². The first-order valence-corrected chi connectivity index (χ1v) is 5.34. The van der Waals surface area contributed by atoms with Crippen LogP contribution in [0.1, 0.15) is 6.42 Å². The summed E-state index contributed by atoms with van der Waals surface area (Å²) in [4.78, 5) is 31.5. The molecule has 0 heterocycles. The summed E-state index contributed by atoms with van der Waals surface area (Å²) in [6, 6.07) is 0. The minimum absolute atomic E-state index is 0.0197. The van der Waals surface area contributed by atoms with E-state index in [0.717, 1.165) is 0 Å². The topological polar surface area (TPSA) is 141 Å². The fourth-order valence-corrected chi connectivity index (χ4v) is 0.726. The van der Waals surface area contributed by atoms with Crippen molar-refractivity contribution in [1.82, 2.24) is 5.32 Å². The third kappa shape index (κ3) is 12.5. The first-order chi connectivity index (χ1) is 8.81. The lowest BCUT2D eigenvalue weighted by atomic mass is 10.4. The summed E-state index contributed by atoms with van der Waals surface area (Å²) in [5.41, 5.74) is 13.2. The van der Waals surface area contributed by atoms with Crippen LogP contribution in [0.5, 0.6) is 0 Å². The van der Waals surface area contributed by atoms with Gasteiger partial charge < -0.3 is 11.1 Å². The average Bonchev–Trinajstić information content (AvgIpc) is 2.37. The molecule has 0 radical (unpaired) electrons. The molecule has 0 unspecified atom stereocenters. The SMILES string of the molecule is [N-]=[N+]=NCCOOCCOOC(=O)NCCCN. The first kappa shape index (κ1) is 16.4. The second kappa shape index (κ2) is 13.5. The van der Waals surface area contributed by atoms with Crippen molar-refractivity contribution in [3.05, 3.63) is 10.4 Å². The summed E-state index contributed by atoms with van der Waals surface area (Å²) in [6.07, 6.45) is -0.0234. The molecule has 3 N–H and O–H groups in total. The van der Waals surface area contributed by atoms with Gasteiger partial charge in [0.15, 0.2) is 0 Å². The lowest BCUT2D eigenvalue weighted by Gasteiger charge is -2.05. The average molecular weight is 263 g/mol. The maximum atomic E-state index is 10.9. The molecular formula is C8H17N5O5. The van der Waals surface area contributed by atoms with Crippen molar-refractivity contribution in [2.75, 3.05) is 39.5 Å². The summed E-state index contributed by atoms with van der Waals surface area (Å²) >= 11 is 0. The molecule has 0 fully saturated rings. The third-order valence-corrected chi connectivity index (χ3v) is 1.46. The zero-order chi connectivity index (χ0) is 13.5. The molecule has 104 valence electrons. The van der Waals surface area contributed by atoms with Gasteiger partial charge in [0.05, 0.1) is 13.2 Å². The second-order valence-electron chi connectivity index (χ2n) is 2.86. The van der Waals surface area contributed by atoms with Crippen molar-refractivity contribution in [2.45, 2.75) is 6.42 Å². The van der Waals surface area contributed by atoms with Gasteiger partial charge in [-0.2, -0.15) is 4.89 Å². The van der Waals surface area contributed by atoms with Gasteiger partial charge >= 0.3 is 6.09 Å². The largest absolute Gasteiger partial charge is 0.438 e. The number of rotatable bonds is 11. The Hall–Kier alpha value is -1.58. The van der Waals surface area contributed by atoms with E-state index in [1.165, 1.54) is 0 Å². The molecule has 0 saturated carbocycles. The Bertz CT molecular complexity index is 258. The highest BCUT2D eigenvalue weighted by molar-refractivity contribution is 5.66. The van der Waals surface area contributed by atoms with Crippen molar-refractivity contribution in [3.8, 4) is 0 Å². The van der Waals surface area contributed by atoms with Gasteiger partial charge in [-0.05, 0) is 18.5 Å². The van der Waals surface area contributed by atoms with Crippen LogP contribution < -0.4 is 11.1 Å². The van der Waals surface area contributed by atoms with E-state index < -0.39 is 6.09 Å². The molecule has 1 amide bonds. The molecule has 0 spiro atoms. The van der Waals surface area contributed by atoms with Crippen LogP contribution in [-0.2, 0) is 19.6 Å². The van der Waals surface area contributed by atoms with Gasteiger partial charge in [0.25, 0.3) is 0 Å². The fraction of sp³-hybridized carbons (Fsp3) is 0.875. The van der Waals surface area contributed by atoms with Crippen molar-refractivity contribution in [3.63, 3.8) is 0 Å². The maximum absolute atomic E-state index is 10.9. The van der Waals surface area contributed by atoms with E-state index in [1.807, 2.05) is 0 Å². The van der Waals surface area contributed by atoms with Gasteiger partial charge in [0.1, 0.15) is 13.2 Å². The Morgan fingerprint density at radius 2 is 2.00 bits per heavy atom. The molecule has 0 aromatic rings. The fourth-order valence-electron chi connectivity index (χ4n) is 0.726. The van der Waals surface area contributed by atoms with Crippen molar-refractivity contribution in [1.29, 1.82) is 0 Å². The Balaban J connectivity index is 3.14. The van der Waals surface area contributed by atoms with E-state index in [0.29, 0.717) is 19.5 Å². The van der Waals surface area contributed by atoms with Gasteiger partial charge in [0.2, 0.25) is 0 Å². The predicted octanol–water partition coefficient (Wildman–Crippen LogP) is 0.252. The number of hydrogen-bond acceptors (Lipinski definition) is 7. The number of nitrogens with one attached hydrogen (secondary N) is 1. The highest BCUT2D eigenvalue weighted by atomic mass is 17.2. The number of amides is 1. The van der Waals surface area contributed by atoms with E-state index >= 15 is 0 Å². The highest BCUT2D eigenvalue weighted by Crippen LogP contribution is 1.85. The van der Waals surface area contributed by atoms with Crippen LogP contribution in [0.25, 0.3) is 10.4 Å². The monoisotopic (exact) mass is 263 g/mol. The Labute approximate surface area is 104 Å². The summed E-state index contributed by atoms with van der Waals surface area (Å²) in [5, 5.41) is 5.65. The lowest BCUT2D eigenvalue weighted by Crippen LogP contribution is -2.27. The summed E-state index contributed by atoms with van der Waals surface area (Å²) in [6.45, 7) is 1.33. The molecule has 10 nitrogen and oxygen atoms in total. The van der Waals surface area contributed by atoms with Crippen LogP contribution >= 0.6 is 0 Å². The number of nitrogens with zero attached hydrogens (tertiary/aromatic N) is 3. The number of carbonyl (C=O) groups is 1. The molecule has 0 aliphatic rings. The van der Waals surface area contributed by atoms with E-state index in [1.54, 1.807) is 0 Å². The normalized spacial score (nSPS) is 9.61. The number of nitrogens with two attached hydrogens (primary N) is 1. The predicted molar refractivity (Wildman–Crippen MR) is 60.0 cm³/mol. The minimum atomic E-state index is -0.687. The van der Waals surface area contributed by atoms with Crippen molar-refractivity contribution < 1.29 is 24.3 Å². The Morgan fingerprint density at radius 1 is 1.28 bits per heavy atom. The molecule has 0 aliphatic carbocycles. The first-order valence-electron chi connectivity index (χ1n) is 5.34. The molecular weight excluding hydrogens is 246 g/mol. The van der Waals surface area contributed by atoms with Crippen LogP contribution in [0.4, 0.5) is 4.79 Å². The number of carbonyl (C=O) groups excluding carboxylic acids is 1. The Morgan fingerprint density at radius 3 is 2.72 bits per heavy atom. The molecule has 0 bridgehead atoms. The summed E-state index contributed by atoms with van der Waals surface area (Å²) in [7, 11) is 0. The summed E-state index contributed by atoms with van der Waals surface area (Å²) in [5.74, 6) is 0. The standard InChI is InChI=1S/C8H17N5O5/c9-2-1-3-11-8(14)18-17-7-6-16-15-5-4-12-13-10/h1-7,9H2,(H,11,14). The van der Waals surface area contributed by atoms with E-state index in [2.05, 4.69) is 34.9 Å². The van der Waals surface area contributed by atoms with Gasteiger partial charge in [-0.25, -0.2) is 14.6 Å². The molecule has 10 heteroatoms. The summed E-state index contributed by atoms with van der Waals surface area (Å²) < 4.78 is 0. The zero-order valence-electron chi connectivity index (χ0n) is 9.91. The molecule has 0 aliphatic heterocycles. The van der Waals surface area contributed by atoms with Crippen LogP contribution in [-0.4, -0.2) is 45.5 Å². The molecule has 0 rings (SSSR count). The molecule has 18 heavy (non-hydrogen) atoms. The van der Waals surface area contributed by atoms with Crippen LogP contribution in [0.3, 0.4) is 0 Å². The van der Waals surface area contributed by atoms with Gasteiger partial charge in [0, 0.05) is 11.5 Å². The minimum Gasteiger partial charge on any atom is -0.330 e. The van der Waals surface area contributed by atoms with E-state index in [-0.39, 0.29) is 26.4 Å². The molecule has 0 aromatic heterocycles. The van der Waals surface area contributed by atoms with E-state index in [4.69, 9.17) is 11.3 Å². The third-order valence-electron chi connectivity index (χ3n) is 1.46.